The van der Waals surface area contributed by atoms with Crippen molar-refractivity contribution in [2.45, 2.75) is 38.6 Å². The average Bonchev–Trinajstić information content (AvgIpc) is 2.95. The molecule has 0 aliphatic carbocycles. The summed E-state index contributed by atoms with van der Waals surface area (Å²) in [6, 6.07) is 6.24. The topological polar surface area (TPSA) is 79.3 Å². The predicted molar refractivity (Wildman–Crippen MR) is 94.5 cm³/mol. The molecule has 5 nitrogen and oxygen atoms in total. The smallest absolute Gasteiger partial charge is 0.305 e. The summed E-state index contributed by atoms with van der Waals surface area (Å²) in [6.45, 7) is 4.09. The first-order valence-electron chi connectivity index (χ1n) is 7.56. The summed E-state index contributed by atoms with van der Waals surface area (Å²) in [4.78, 5) is 27.8. The van der Waals surface area contributed by atoms with Crippen LogP contribution in [-0.2, 0) is 16.0 Å². The van der Waals surface area contributed by atoms with Crippen LogP contribution in [0.15, 0.2) is 29.6 Å². The van der Waals surface area contributed by atoms with E-state index in [1.807, 2.05) is 19.2 Å². The minimum Gasteiger partial charge on any atom is -0.481 e. The lowest BCUT2D eigenvalue weighted by Crippen LogP contribution is -2.31. The summed E-state index contributed by atoms with van der Waals surface area (Å²) < 4.78 is 0. The average molecular weight is 367 g/mol. The lowest BCUT2D eigenvalue weighted by molar-refractivity contribution is -0.137. The minimum absolute atomic E-state index is 0.115. The third-order valence-corrected chi connectivity index (χ3v) is 4.94. The Hall–Kier alpha value is -1.92. The summed E-state index contributed by atoms with van der Waals surface area (Å²) in [6.07, 6.45) is -0.117. The highest BCUT2D eigenvalue weighted by Crippen LogP contribution is 2.25. The molecule has 1 amide bonds. The number of nitrogens with zero attached hydrogens (tertiary/aromatic N) is 1. The molecule has 128 valence electrons. The molecule has 0 unspecified atom stereocenters. The molecule has 1 atom stereocenters. The lowest BCUT2D eigenvalue weighted by atomic mass is 10.0. The second-order valence-electron chi connectivity index (χ2n) is 5.75. The summed E-state index contributed by atoms with van der Waals surface area (Å²) in [5, 5.41) is 15.1. The van der Waals surface area contributed by atoms with Gasteiger partial charge in [0.2, 0.25) is 5.91 Å². The van der Waals surface area contributed by atoms with Gasteiger partial charge in [-0.05, 0) is 11.6 Å². The molecule has 2 rings (SSSR count). The highest BCUT2D eigenvalue weighted by Gasteiger charge is 2.21. The molecule has 2 N–H and O–H groups in total. The van der Waals surface area contributed by atoms with Gasteiger partial charge >= 0.3 is 5.97 Å². The zero-order valence-corrected chi connectivity index (χ0v) is 15.0. The molecule has 0 bridgehead atoms. The highest BCUT2D eigenvalue weighted by atomic mass is 35.5. The number of rotatable bonds is 7. The number of benzene rings is 1. The van der Waals surface area contributed by atoms with Crippen LogP contribution in [0, 0.1) is 0 Å². The fourth-order valence-corrected chi connectivity index (χ4v) is 3.35. The Bertz CT molecular complexity index is 730. The third-order valence-electron chi connectivity index (χ3n) is 3.40. The molecule has 0 spiro atoms. The zero-order valence-electron chi connectivity index (χ0n) is 13.5. The van der Waals surface area contributed by atoms with E-state index in [0.29, 0.717) is 22.2 Å². The normalized spacial score (nSPS) is 12.2. The van der Waals surface area contributed by atoms with Crippen molar-refractivity contribution >= 4 is 34.8 Å². The molecule has 0 saturated carbocycles. The van der Waals surface area contributed by atoms with E-state index in [0.717, 1.165) is 5.01 Å². The summed E-state index contributed by atoms with van der Waals surface area (Å²) in [5.74, 6) is -0.965. The molecule has 2 aromatic rings. The van der Waals surface area contributed by atoms with Crippen LogP contribution in [0.5, 0.6) is 0 Å². The number of carbonyl (C=O) groups excluding carboxylic acids is 1. The molecule has 1 heterocycles. The van der Waals surface area contributed by atoms with Gasteiger partial charge in [-0.1, -0.05) is 43.6 Å². The van der Waals surface area contributed by atoms with Gasteiger partial charge in [-0.2, -0.15) is 0 Å². The van der Waals surface area contributed by atoms with Gasteiger partial charge in [0, 0.05) is 16.3 Å². The van der Waals surface area contributed by atoms with Crippen molar-refractivity contribution in [1.82, 2.24) is 10.3 Å². The van der Waals surface area contributed by atoms with Crippen molar-refractivity contribution in [1.29, 1.82) is 0 Å². The summed E-state index contributed by atoms with van der Waals surface area (Å²) in [5.41, 5.74) is 1.28. The van der Waals surface area contributed by atoms with Crippen LogP contribution in [0.25, 0.3) is 0 Å². The van der Waals surface area contributed by atoms with Crippen LogP contribution in [-0.4, -0.2) is 22.0 Å². The van der Waals surface area contributed by atoms with E-state index in [1.54, 1.807) is 24.3 Å². The van der Waals surface area contributed by atoms with Gasteiger partial charge in [0.1, 0.15) is 0 Å². The molecular formula is C17H19ClN2O3S. The number of aromatic nitrogens is 1. The van der Waals surface area contributed by atoms with Gasteiger partial charge < -0.3 is 10.4 Å². The number of aliphatic carboxylic acids is 1. The van der Waals surface area contributed by atoms with Gasteiger partial charge in [-0.3, -0.25) is 9.59 Å². The van der Waals surface area contributed by atoms with Gasteiger partial charge in [0.05, 0.1) is 29.6 Å². The van der Waals surface area contributed by atoms with Crippen molar-refractivity contribution in [3.05, 3.63) is 50.9 Å². The molecule has 0 saturated heterocycles. The van der Waals surface area contributed by atoms with Gasteiger partial charge in [-0.25, -0.2) is 4.98 Å². The van der Waals surface area contributed by atoms with Crippen molar-refractivity contribution < 1.29 is 14.7 Å². The predicted octanol–water partition coefficient (Wildman–Crippen LogP) is 3.79. The van der Waals surface area contributed by atoms with Crippen molar-refractivity contribution in [2.75, 3.05) is 0 Å². The second-order valence-corrected chi connectivity index (χ2v) is 7.04. The molecular weight excluding hydrogens is 348 g/mol. The number of halogens is 1. The Morgan fingerprint density at radius 2 is 2.04 bits per heavy atom. The largest absolute Gasteiger partial charge is 0.481 e. The lowest BCUT2D eigenvalue weighted by Gasteiger charge is -2.18. The van der Waals surface area contributed by atoms with Gasteiger partial charge in [0.25, 0.3) is 0 Å². The highest BCUT2D eigenvalue weighted by molar-refractivity contribution is 7.09. The first-order chi connectivity index (χ1) is 11.4. The molecule has 0 aliphatic heterocycles. The Morgan fingerprint density at radius 3 is 2.62 bits per heavy atom. The van der Waals surface area contributed by atoms with E-state index < -0.39 is 12.0 Å². The molecule has 1 aromatic heterocycles. The van der Waals surface area contributed by atoms with Crippen LogP contribution in [0.4, 0.5) is 0 Å². The van der Waals surface area contributed by atoms with Gasteiger partial charge in [-0.15, -0.1) is 11.3 Å². The maximum atomic E-state index is 12.3. The Kier molecular flexibility index (Phi) is 6.34. The Balaban J connectivity index is 2.09. The first-order valence-corrected chi connectivity index (χ1v) is 8.82. The van der Waals surface area contributed by atoms with E-state index in [9.17, 15) is 9.59 Å². The minimum atomic E-state index is -1.00. The SMILES string of the molecule is CC(C)c1nc(CC(=O)N[C@@H](CC(=O)O)c2ccccc2Cl)cs1. The Labute approximate surface area is 149 Å². The number of carboxylic acids is 1. The number of hydrogen-bond donors (Lipinski definition) is 2. The monoisotopic (exact) mass is 366 g/mol. The van der Waals surface area contributed by atoms with Crippen LogP contribution in [0.3, 0.4) is 0 Å². The summed E-state index contributed by atoms with van der Waals surface area (Å²) >= 11 is 7.65. The molecule has 7 heteroatoms. The summed E-state index contributed by atoms with van der Waals surface area (Å²) in [7, 11) is 0. The van der Waals surface area contributed by atoms with Crippen molar-refractivity contribution in [2.24, 2.45) is 0 Å². The number of thiazole rings is 1. The number of carboxylic acid groups (broad SMARTS) is 1. The number of hydrogen-bond acceptors (Lipinski definition) is 4. The maximum Gasteiger partial charge on any atom is 0.305 e. The van der Waals surface area contributed by atoms with Crippen LogP contribution in [0.1, 0.15) is 48.5 Å². The fraction of sp³-hybridized carbons (Fsp3) is 0.353. The molecule has 0 aliphatic rings. The number of nitrogens with one attached hydrogen (secondary N) is 1. The second kappa shape index (κ2) is 8.26. The maximum absolute atomic E-state index is 12.3. The number of amides is 1. The van der Waals surface area contributed by atoms with Crippen LogP contribution >= 0.6 is 22.9 Å². The van der Waals surface area contributed by atoms with Crippen LogP contribution < -0.4 is 5.32 Å². The standard InChI is InChI=1S/C17H19ClN2O3S/c1-10(2)17-19-11(9-24-17)7-15(21)20-14(8-16(22)23)12-5-3-4-6-13(12)18/h3-6,9-10,14H,7-8H2,1-2H3,(H,20,21)(H,22,23)/t14-/m0/s1. The van der Waals surface area contributed by atoms with E-state index in [2.05, 4.69) is 10.3 Å². The van der Waals surface area contributed by atoms with Gasteiger partial charge in [0.15, 0.2) is 0 Å². The first kappa shape index (κ1) is 18.4. The molecule has 24 heavy (non-hydrogen) atoms. The van der Waals surface area contributed by atoms with E-state index in [4.69, 9.17) is 16.7 Å². The van der Waals surface area contributed by atoms with E-state index >= 15 is 0 Å². The fourth-order valence-electron chi connectivity index (χ4n) is 2.25. The molecule has 0 fully saturated rings. The zero-order chi connectivity index (χ0) is 17.7. The quantitative estimate of drug-likeness (QED) is 0.781. The number of carbonyl (C=O) groups is 2. The van der Waals surface area contributed by atoms with Crippen LogP contribution in [0.2, 0.25) is 5.02 Å². The molecule has 1 aromatic carbocycles. The third kappa shape index (κ3) is 5.04. The van der Waals surface area contributed by atoms with E-state index in [-0.39, 0.29) is 18.7 Å². The van der Waals surface area contributed by atoms with Crippen molar-refractivity contribution in [3.63, 3.8) is 0 Å². The van der Waals surface area contributed by atoms with Crippen molar-refractivity contribution in [3.8, 4) is 0 Å². The van der Waals surface area contributed by atoms with E-state index in [1.165, 1.54) is 11.3 Å². The molecule has 0 radical (unpaired) electrons. The Morgan fingerprint density at radius 1 is 1.33 bits per heavy atom.